The Hall–Kier alpha value is -2.65. The van der Waals surface area contributed by atoms with Gasteiger partial charge in [-0.15, -0.1) is 11.3 Å². The molecule has 0 N–H and O–H groups in total. The molecule has 0 spiro atoms. The van der Waals surface area contributed by atoms with Crippen LogP contribution in [0.15, 0.2) is 72.8 Å². The Morgan fingerprint density at radius 2 is 1.35 bits per heavy atom. The number of hydrogen-bond acceptors (Lipinski definition) is 3. The summed E-state index contributed by atoms with van der Waals surface area (Å²) in [6.45, 7) is 0. The molecule has 0 fully saturated rings. The Morgan fingerprint density at radius 1 is 0.739 bits per heavy atom. The van der Waals surface area contributed by atoms with Gasteiger partial charge in [0.15, 0.2) is 0 Å². The highest BCUT2D eigenvalue weighted by atomic mass is 32.1. The van der Waals surface area contributed by atoms with Crippen LogP contribution in [0.4, 0.5) is 0 Å². The predicted octanol–water partition coefficient (Wildman–Crippen LogP) is 5.64. The highest BCUT2D eigenvalue weighted by Crippen LogP contribution is 2.31. The van der Waals surface area contributed by atoms with Gasteiger partial charge >= 0.3 is 0 Å². The van der Waals surface area contributed by atoms with Gasteiger partial charge in [0.2, 0.25) is 0 Å². The molecule has 112 valence electrons. The van der Waals surface area contributed by atoms with Gasteiger partial charge in [-0.05, 0) is 35.4 Å². The first-order chi connectivity index (χ1) is 11.3. The Labute approximate surface area is 139 Å². The van der Waals surface area contributed by atoms with Crippen LogP contribution >= 0.6 is 11.3 Å². The van der Waals surface area contributed by atoms with Crippen molar-refractivity contribution in [1.82, 2.24) is 4.98 Å². The molecule has 1 heterocycles. The summed E-state index contributed by atoms with van der Waals surface area (Å²) in [7, 11) is 1.68. The average molecular weight is 317 g/mol. The minimum absolute atomic E-state index is 0.875. The van der Waals surface area contributed by atoms with Gasteiger partial charge < -0.3 is 4.74 Å². The molecule has 0 aliphatic rings. The molecule has 0 unspecified atom stereocenters. The highest BCUT2D eigenvalue weighted by molar-refractivity contribution is 7.21. The molecule has 23 heavy (non-hydrogen) atoms. The molecular formula is C20H15NOS. The summed E-state index contributed by atoms with van der Waals surface area (Å²) >= 11 is 1.73. The zero-order valence-corrected chi connectivity index (χ0v) is 13.5. The zero-order chi connectivity index (χ0) is 15.6. The van der Waals surface area contributed by atoms with Gasteiger partial charge in [-0.1, -0.05) is 48.5 Å². The summed E-state index contributed by atoms with van der Waals surface area (Å²) in [5.74, 6) is 0.875. The number of hydrogen-bond donors (Lipinski definition) is 0. The van der Waals surface area contributed by atoms with Gasteiger partial charge in [0.1, 0.15) is 10.8 Å². The monoisotopic (exact) mass is 317 g/mol. The van der Waals surface area contributed by atoms with E-state index in [0.717, 1.165) is 21.8 Å². The first-order valence-electron chi connectivity index (χ1n) is 7.44. The zero-order valence-electron chi connectivity index (χ0n) is 12.7. The summed E-state index contributed by atoms with van der Waals surface area (Å²) in [5, 5.41) is 1.06. The van der Waals surface area contributed by atoms with Gasteiger partial charge in [-0.2, -0.15) is 0 Å². The summed E-state index contributed by atoms with van der Waals surface area (Å²) in [5.41, 5.74) is 4.59. The SMILES string of the molecule is COc1ccc(-c2ccc(-c3nc4ccccc4s3)cc2)cc1. The molecular weight excluding hydrogens is 302 g/mol. The second-order valence-electron chi connectivity index (χ2n) is 5.29. The lowest BCUT2D eigenvalue weighted by molar-refractivity contribution is 0.415. The van der Waals surface area contributed by atoms with Crippen molar-refractivity contribution in [2.75, 3.05) is 7.11 Å². The normalized spacial score (nSPS) is 10.8. The second kappa shape index (κ2) is 5.86. The smallest absolute Gasteiger partial charge is 0.124 e. The first-order valence-corrected chi connectivity index (χ1v) is 8.25. The molecule has 0 bridgehead atoms. The number of benzene rings is 3. The standard InChI is InChI=1S/C20H15NOS/c1-22-17-12-10-15(11-13-17)14-6-8-16(9-7-14)20-21-18-4-2-3-5-19(18)23-20/h2-13H,1H3. The van der Waals surface area contributed by atoms with Crippen LogP contribution in [0.1, 0.15) is 0 Å². The summed E-state index contributed by atoms with van der Waals surface area (Å²) < 4.78 is 6.43. The van der Waals surface area contributed by atoms with Crippen molar-refractivity contribution in [3.63, 3.8) is 0 Å². The van der Waals surface area contributed by atoms with Crippen molar-refractivity contribution in [3.8, 4) is 27.4 Å². The van der Waals surface area contributed by atoms with E-state index in [1.807, 2.05) is 18.2 Å². The molecule has 0 atom stereocenters. The van der Waals surface area contributed by atoms with Gasteiger partial charge in [-0.25, -0.2) is 4.98 Å². The highest BCUT2D eigenvalue weighted by Gasteiger charge is 2.06. The Bertz CT molecular complexity index is 906. The van der Waals surface area contributed by atoms with Gasteiger partial charge in [0.25, 0.3) is 0 Å². The maximum atomic E-state index is 5.20. The minimum atomic E-state index is 0.875. The predicted molar refractivity (Wildman–Crippen MR) is 97.0 cm³/mol. The van der Waals surface area contributed by atoms with Gasteiger partial charge in [0.05, 0.1) is 17.3 Å². The molecule has 1 aromatic heterocycles. The topological polar surface area (TPSA) is 22.1 Å². The molecule has 0 radical (unpaired) electrons. The molecule has 0 saturated heterocycles. The van der Waals surface area contributed by atoms with Crippen LogP contribution < -0.4 is 4.74 Å². The number of para-hydroxylation sites is 1. The largest absolute Gasteiger partial charge is 0.497 e. The van der Waals surface area contributed by atoms with E-state index in [0.29, 0.717) is 0 Å². The minimum Gasteiger partial charge on any atom is -0.497 e. The van der Waals surface area contributed by atoms with Crippen molar-refractivity contribution >= 4 is 21.6 Å². The van der Waals surface area contributed by atoms with Crippen LogP contribution in [0.2, 0.25) is 0 Å². The van der Waals surface area contributed by atoms with E-state index < -0.39 is 0 Å². The molecule has 4 rings (SSSR count). The van der Waals surface area contributed by atoms with Gasteiger partial charge in [0, 0.05) is 5.56 Å². The summed E-state index contributed by atoms with van der Waals surface area (Å²) in [4.78, 5) is 4.71. The first kappa shape index (κ1) is 14.0. The van der Waals surface area contributed by atoms with Crippen LogP contribution in [0.5, 0.6) is 5.75 Å². The molecule has 2 nitrogen and oxygen atoms in total. The Morgan fingerprint density at radius 3 is 2.00 bits per heavy atom. The Kier molecular flexibility index (Phi) is 3.56. The van der Waals surface area contributed by atoms with Crippen LogP contribution in [-0.4, -0.2) is 12.1 Å². The summed E-state index contributed by atoms with van der Waals surface area (Å²) in [6.07, 6.45) is 0. The molecule has 3 heteroatoms. The third-order valence-electron chi connectivity index (χ3n) is 3.85. The van der Waals surface area contributed by atoms with Crippen molar-refractivity contribution in [2.24, 2.45) is 0 Å². The molecule has 0 aliphatic carbocycles. The lowest BCUT2D eigenvalue weighted by Crippen LogP contribution is -1.83. The third kappa shape index (κ3) is 2.71. The fourth-order valence-electron chi connectivity index (χ4n) is 2.58. The number of thiazole rings is 1. The molecule has 0 amide bonds. The summed E-state index contributed by atoms with van der Waals surface area (Å²) in [6, 6.07) is 24.9. The lowest BCUT2D eigenvalue weighted by Gasteiger charge is -2.04. The van der Waals surface area contributed by atoms with Crippen molar-refractivity contribution in [2.45, 2.75) is 0 Å². The van der Waals surface area contributed by atoms with Gasteiger partial charge in [-0.3, -0.25) is 0 Å². The van der Waals surface area contributed by atoms with E-state index in [2.05, 4.69) is 54.6 Å². The fourth-order valence-corrected chi connectivity index (χ4v) is 3.56. The maximum Gasteiger partial charge on any atom is 0.124 e. The van der Waals surface area contributed by atoms with E-state index in [1.54, 1.807) is 18.4 Å². The number of fused-ring (bicyclic) bond motifs is 1. The number of aromatic nitrogens is 1. The molecule has 0 aliphatic heterocycles. The number of rotatable bonds is 3. The maximum absolute atomic E-state index is 5.20. The van der Waals surface area contributed by atoms with Crippen LogP contribution in [0.25, 0.3) is 31.9 Å². The quantitative estimate of drug-likeness (QED) is 0.488. The van der Waals surface area contributed by atoms with Crippen molar-refractivity contribution in [1.29, 1.82) is 0 Å². The van der Waals surface area contributed by atoms with Crippen LogP contribution in [-0.2, 0) is 0 Å². The van der Waals surface area contributed by atoms with E-state index in [9.17, 15) is 0 Å². The average Bonchev–Trinajstić information content (AvgIpc) is 3.06. The Balaban J connectivity index is 1.66. The van der Waals surface area contributed by atoms with Crippen molar-refractivity contribution in [3.05, 3.63) is 72.8 Å². The fraction of sp³-hybridized carbons (Fsp3) is 0.0500. The molecule has 4 aromatic rings. The number of nitrogens with zero attached hydrogens (tertiary/aromatic N) is 1. The van der Waals surface area contributed by atoms with Crippen LogP contribution in [0.3, 0.4) is 0 Å². The van der Waals surface area contributed by atoms with E-state index in [-0.39, 0.29) is 0 Å². The number of ether oxygens (including phenoxy) is 1. The molecule has 3 aromatic carbocycles. The molecule has 0 saturated carbocycles. The lowest BCUT2D eigenvalue weighted by atomic mass is 10.0. The van der Waals surface area contributed by atoms with Crippen LogP contribution in [0, 0.1) is 0 Å². The second-order valence-corrected chi connectivity index (χ2v) is 6.32. The number of methoxy groups -OCH3 is 1. The van der Waals surface area contributed by atoms with E-state index in [1.165, 1.54) is 15.8 Å². The van der Waals surface area contributed by atoms with Crippen molar-refractivity contribution < 1.29 is 4.74 Å². The third-order valence-corrected chi connectivity index (χ3v) is 4.93. The van der Waals surface area contributed by atoms with E-state index in [4.69, 9.17) is 9.72 Å². The van der Waals surface area contributed by atoms with E-state index >= 15 is 0 Å².